The topological polar surface area (TPSA) is 77.1 Å². The number of fused-ring (bicyclic) bond motifs is 1. The second-order valence-corrected chi connectivity index (χ2v) is 5.89. The van der Waals surface area contributed by atoms with Crippen LogP contribution in [0, 0.1) is 6.92 Å². The molecule has 0 saturated heterocycles. The maximum absolute atomic E-state index is 12.4. The van der Waals surface area contributed by atoms with Gasteiger partial charge in [-0.3, -0.25) is 4.79 Å². The van der Waals surface area contributed by atoms with Crippen molar-refractivity contribution in [3.05, 3.63) is 56.5 Å². The zero-order valence-electron chi connectivity index (χ0n) is 12.2. The molecule has 0 aliphatic heterocycles. The number of aliphatic hydroxyl groups excluding tert-OH is 1. The van der Waals surface area contributed by atoms with Crippen LogP contribution in [0.15, 0.2) is 33.9 Å². The predicted molar refractivity (Wildman–Crippen MR) is 86.0 cm³/mol. The van der Waals surface area contributed by atoms with Gasteiger partial charge in [0.05, 0.1) is 16.1 Å². The van der Waals surface area contributed by atoms with Crippen LogP contribution in [0.1, 0.15) is 11.4 Å². The second kappa shape index (κ2) is 5.51. The molecule has 114 valence electrons. The summed E-state index contributed by atoms with van der Waals surface area (Å²) in [5.74, 6) is 0. The van der Waals surface area contributed by atoms with Crippen LogP contribution in [0.2, 0.25) is 0 Å². The summed E-state index contributed by atoms with van der Waals surface area (Å²) in [6.07, 6.45) is 0.449. The highest BCUT2D eigenvalue weighted by Gasteiger charge is 2.11. The Hall–Kier alpha value is -2.25. The molecule has 0 aliphatic rings. The second-order valence-electron chi connectivity index (χ2n) is 5.08. The molecule has 0 amide bonds. The Morgan fingerprint density at radius 1 is 1.27 bits per heavy atom. The Labute approximate surface area is 130 Å². The number of aromatic nitrogens is 3. The molecule has 0 unspecified atom stereocenters. The van der Waals surface area contributed by atoms with Crippen molar-refractivity contribution in [1.82, 2.24) is 13.5 Å². The minimum atomic E-state index is -0.378. The van der Waals surface area contributed by atoms with Gasteiger partial charge in [-0.25, -0.2) is 9.36 Å². The molecule has 2 aromatic heterocycles. The first-order chi connectivity index (χ1) is 10.5. The van der Waals surface area contributed by atoms with Gasteiger partial charge in [0, 0.05) is 37.2 Å². The summed E-state index contributed by atoms with van der Waals surface area (Å²) in [6.45, 7) is 1.73. The Morgan fingerprint density at radius 3 is 2.77 bits per heavy atom. The number of rotatable bonds is 3. The normalized spacial score (nSPS) is 11.2. The van der Waals surface area contributed by atoms with E-state index in [-0.39, 0.29) is 17.9 Å². The number of aryl methyl sites for hydroxylation is 1. The molecule has 0 atom stereocenters. The first kappa shape index (κ1) is 14.7. The van der Waals surface area contributed by atoms with Crippen molar-refractivity contribution < 1.29 is 5.11 Å². The highest BCUT2D eigenvalue weighted by atomic mass is 32.1. The van der Waals surface area contributed by atoms with E-state index in [0.717, 1.165) is 20.3 Å². The zero-order valence-corrected chi connectivity index (χ0v) is 13.1. The zero-order chi connectivity index (χ0) is 15.9. The summed E-state index contributed by atoms with van der Waals surface area (Å²) in [5.41, 5.74) is 1.17. The molecule has 1 aromatic carbocycles. The van der Waals surface area contributed by atoms with Gasteiger partial charge in [-0.05, 0) is 36.7 Å². The van der Waals surface area contributed by atoms with Gasteiger partial charge in [-0.2, -0.15) is 4.37 Å². The van der Waals surface area contributed by atoms with E-state index in [1.807, 2.05) is 6.07 Å². The molecule has 0 aliphatic carbocycles. The lowest BCUT2D eigenvalue weighted by Gasteiger charge is -2.09. The third kappa shape index (κ3) is 2.28. The lowest BCUT2D eigenvalue weighted by molar-refractivity contribution is 0.299. The fraction of sp³-hybridized carbons (Fsp3) is 0.267. The van der Waals surface area contributed by atoms with E-state index in [1.54, 1.807) is 26.1 Å². The fourth-order valence-corrected chi connectivity index (χ4v) is 3.18. The third-order valence-electron chi connectivity index (χ3n) is 3.70. The van der Waals surface area contributed by atoms with E-state index in [4.69, 9.17) is 5.11 Å². The predicted octanol–water partition coefficient (Wildman–Crippen LogP) is 0.989. The maximum Gasteiger partial charge on any atom is 0.335 e. The van der Waals surface area contributed by atoms with E-state index in [2.05, 4.69) is 4.37 Å². The molecule has 7 heteroatoms. The van der Waals surface area contributed by atoms with Crippen molar-refractivity contribution in [3.63, 3.8) is 0 Å². The molecule has 0 saturated carbocycles. The number of benzene rings is 1. The molecule has 22 heavy (non-hydrogen) atoms. The van der Waals surface area contributed by atoms with Crippen LogP contribution in [0.25, 0.3) is 15.8 Å². The van der Waals surface area contributed by atoms with Gasteiger partial charge in [0.2, 0.25) is 0 Å². The highest BCUT2D eigenvalue weighted by molar-refractivity contribution is 7.13. The third-order valence-corrected chi connectivity index (χ3v) is 4.56. The molecular formula is C15H15N3O3S. The lowest BCUT2D eigenvalue weighted by atomic mass is 10.1. The van der Waals surface area contributed by atoms with Gasteiger partial charge in [0.15, 0.2) is 0 Å². The van der Waals surface area contributed by atoms with Crippen LogP contribution in [0.4, 0.5) is 0 Å². The average molecular weight is 317 g/mol. The van der Waals surface area contributed by atoms with Crippen LogP contribution < -0.4 is 11.2 Å². The molecule has 6 nitrogen and oxygen atoms in total. The van der Waals surface area contributed by atoms with Crippen molar-refractivity contribution in [2.45, 2.75) is 13.3 Å². The van der Waals surface area contributed by atoms with Crippen molar-refractivity contribution in [3.8, 4) is 5.69 Å². The molecule has 0 spiro atoms. The van der Waals surface area contributed by atoms with E-state index in [1.165, 1.54) is 22.2 Å². The summed E-state index contributed by atoms with van der Waals surface area (Å²) in [5, 5.41) is 9.96. The van der Waals surface area contributed by atoms with Gasteiger partial charge in [0.25, 0.3) is 5.56 Å². The van der Waals surface area contributed by atoms with Crippen molar-refractivity contribution in [1.29, 1.82) is 0 Å². The summed E-state index contributed by atoms with van der Waals surface area (Å²) >= 11 is 1.34. The van der Waals surface area contributed by atoms with Crippen LogP contribution in [0.5, 0.6) is 0 Å². The summed E-state index contributed by atoms with van der Waals surface area (Å²) in [6, 6.07) is 6.80. The van der Waals surface area contributed by atoms with Crippen molar-refractivity contribution in [2.75, 3.05) is 6.61 Å². The van der Waals surface area contributed by atoms with Gasteiger partial charge in [-0.1, -0.05) is 0 Å². The van der Waals surface area contributed by atoms with Crippen LogP contribution in [0.3, 0.4) is 0 Å². The monoisotopic (exact) mass is 317 g/mol. The minimum Gasteiger partial charge on any atom is -0.396 e. The molecule has 2 heterocycles. The van der Waals surface area contributed by atoms with Gasteiger partial charge >= 0.3 is 5.69 Å². The van der Waals surface area contributed by atoms with Crippen LogP contribution >= 0.6 is 11.5 Å². The first-order valence-electron chi connectivity index (χ1n) is 6.82. The molecule has 3 rings (SSSR count). The Bertz CT molecular complexity index is 968. The van der Waals surface area contributed by atoms with Gasteiger partial charge in [0.1, 0.15) is 0 Å². The number of hydrogen-bond donors (Lipinski definition) is 1. The first-order valence-corrected chi connectivity index (χ1v) is 7.59. The van der Waals surface area contributed by atoms with Crippen LogP contribution in [-0.2, 0) is 13.5 Å². The number of aliphatic hydroxyl groups is 1. The fourth-order valence-electron chi connectivity index (χ4n) is 2.37. The molecule has 3 aromatic rings. The number of hydrogen-bond acceptors (Lipinski definition) is 5. The number of nitrogens with zero attached hydrogens (tertiary/aromatic N) is 3. The quantitative estimate of drug-likeness (QED) is 0.781. The van der Waals surface area contributed by atoms with E-state index in [0.29, 0.717) is 17.8 Å². The Balaban J connectivity index is 2.27. The highest BCUT2D eigenvalue weighted by Crippen LogP contribution is 2.25. The lowest BCUT2D eigenvalue weighted by Crippen LogP contribution is -2.38. The molecule has 0 radical (unpaired) electrons. The maximum atomic E-state index is 12.4. The summed E-state index contributed by atoms with van der Waals surface area (Å²) in [7, 11) is 1.63. The Morgan fingerprint density at radius 2 is 2.05 bits per heavy atom. The largest absolute Gasteiger partial charge is 0.396 e. The van der Waals surface area contributed by atoms with Crippen molar-refractivity contribution >= 4 is 21.6 Å². The molecule has 0 bridgehead atoms. The van der Waals surface area contributed by atoms with E-state index in [9.17, 15) is 9.59 Å². The molecule has 1 N–H and O–H groups in total. The average Bonchev–Trinajstić information content (AvgIpc) is 2.88. The van der Waals surface area contributed by atoms with E-state index < -0.39 is 0 Å². The van der Waals surface area contributed by atoms with Gasteiger partial charge in [-0.15, -0.1) is 0 Å². The smallest absolute Gasteiger partial charge is 0.335 e. The van der Waals surface area contributed by atoms with Crippen molar-refractivity contribution in [2.24, 2.45) is 7.05 Å². The SMILES string of the molecule is Cc1cc(=O)n(-c2ccc3snc(CCO)c3c2)c(=O)n1C. The minimum absolute atomic E-state index is 0.00923. The van der Waals surface area contributed by atoms with Gasteiger partial charge < -0.3 is 9.67 Å². The molecule has 0 fully saturated rings. The summed E-state index contributed by atoms with van der Waals surface area (Å²) < 4.78 is 7.85. The Kier molecular flexibility index (Phi) is 3.67. The molecular weight excluding hydrogens is 302 g/mol. The standard InChI is InChI=1S/C15H15N3O3S/c1-9-7-14(20)18(15(21)17(9)2)10-3-4-13-11(8-10)12(5-6-19)16-22-13/h3-4,7-8,19H,5-6H2,1-2H3. The summed E-state index contributed by atoms with van der Waals surface area (Å²) in [4.78, 5) is 24.6. The van der Waals surface area contributed by atoms with Crippen LogP contribution in [-0.4, -0.2) is 25.2 Å². The van der Waals surface area contributed by atoms with E-state index >= 15 is 0 Å².